The molecule has 2 rings (SSSR count). The zero-order valence-electron chi connectivity index (χ0n) is 11.6. The Hall–Kier alpha value is -1.17. The third kappa shape index (κ3) is 4.44. The van der Waals surface area contributed by atoms with Crippen LogP contribution in [0, 0.1) is 6.92 Å². The van der Waals surface area contributed by atoms with Gasteiger partial charge in [0.2, 0.25) is 0 Å². The lowest BCUT2D eigenvalue weighted by molar-refractivity contribution is -0.884. The van der Waals surface area contributed by atoms with E-state index < -0.39 is 0 Å². The van der Waals surface area contributed by atoms with Crippen molar-refractivity contribution in [3.8, 4) is 0 Å². The van der Waals surface area contributed by atoms with Gasteiger partial charge in [-0.05, 0) is 36.1 Å². The lowest BCUT2D eigenvalue weighted by Gasteiger charge is -2.13. The molecule has 0 aliphatic rings. The molecule has 106 valence electrons. The molecule has 0 aliphatic heterocycles. The van der Waals surface area contributed by atoms with Crippen molar-refractivity contribution in [1.82, 2.24) is 0 Å². The van der Waals surface area contributed by atoms with Crippen LogP contribution in [0.3, 0.4) is 0 Å². The van der Waals surface area contributed by atoms with Crippen molar-refractivity contribution >= 4 is 38.9 Å². The Morgan fingerprint density at radius 1 is 1.40 bits per heavy atom. The van der Waals surface area contributed by atoms with E-state index in [2.05, 4.69) is 32.7 Å². The number of benzene rings is 1. The SMILES string of the molecule is Cc1ccc(NC(=O)C[NH+](C)Cc2cccs2)cc1Br. The summed E-state index contributed by atoms with van der Waals surface area (Å²) in [5.74, 6) is 0.0369. The number of likely N-dealkylation sites (N-methyl/N-ethyl adjacent to an activating group) is 1. The summed E-state index contributed by atoms with van der Waals surface area (Å²) in [6.45, 7) is 3.36. The van der Waals surface area contributed by atoms with Crippen molar-refractivity contribution in [3.05, 3.63) is 50.6 Å². The minimum absolute atomic E-state index is 0.0369. The van der Waals surface area contributed by atoms with E-state index in [0.717, 1.165) is 22.3 Å². The van der Waals surface area contributed by atoms with Crippen molar-refractivity contribution in [2.24, 2.45) is 0 Å². The molecule has 1 aromatic heterocycles. The number of anilines is 1. The zero-order valence-corrected chi connectivity index (χ0v) is 14.0. The number of quaternary nitrogens is 1. The van der Waals surface area contributed by atoms with Gasteiger partial charge in [-0.3, -0.25) is 4.79 Å². The van der Waals surface area contributed by atoms with E-state index >= 15 is 0 Å². The first kappa shape index (κ1) is 15.2. The van der Waals surface area contributed by atoms with Crippen LogP contribution >= 0.6 is 27.3 Å². The van der Waals surface area contributed by atoms with Gasteiger partial charge in [0.05, 0.1) is 11.9 Å². The number of carbonyl (C=O) groups is 1. The largest absolute Gasteiger partial charge is 0.325 e. The van der Waals surface area contributed by atoms with Gasteiger partial charge in [-0.1, -0.05) is 28.1 Å². The molecule has 2 aromatic rings. The Labute approximate surface area is 131 Å². The van der Waals surface area contributed by atoms with E-state index in [9.17, 15) is 4.79 Å². The van der Waals surface area contributed by atoms with Crippen LogP contribution in [0.15, 0.2) is 40.2 Å². The molecule has 0 bridgehead atoms. The molecule has 2 N–H and O–H groups in total. The van der Waals surface area contributed by atoms with Gasteiger partial charge in [-0.15, -0.1) is 11.3 Å². The molecule has 0 saturated heterocycles. The third-order valence-electron chi connectivity index (χ3n) is 2.97. The molecule has 1 aromatic carbocycles. The first-order valence-electron chi connectivity index (χ1n) is 6.44. The molecule has 5 heteroatoms. The number of aryl methyl sites for hydroxylation is 1. The summed E-state index contributed by atoms with van der Waals surface area (Å²) in [6.07, 6.45) is 0. The fourth-order valence-corrected chi connectivity index (χ4v) is 3.12. The van der Waals surface area contributed by atoms with Crippen LogP contribution in [0.2, 0.25) is 0 Å². The number of rotatable bonds is 5. The lowest BCUT2D eigenvalue weighted by Crippen LogP contribution is -3.08. The van der Waals surface area contributed by atoms with Crippen LogP contribution in [0.4, 0.5) is 5.69 Å². The molecule has 1 heterocycles. The number of halogens is 1. The Morgan fingerprint density at radius 2 is 2.20 bits per heavy atom. The van der Waals surface area contributed by atoms with Gasteiger partial charge in [0.25, 0.3) is 5.91 Å². The van der Waals surface area contributed by atoms with Gasteiger partial charge in [-0.25, -0.2) is 0 Å². The van der Waals surface area contributed by atoms with Crippen LogP contribution in [0.5, 0.6) is 0 Å². The average molecular weight is 354 g/mol. The number of hydrogen-bond acceptors (Lipinski definition) is 2. The highest BCUT2D eigenvalue weighted by molar-refractivity contribution is 9.10. The van der Waals surface area contributed by atoms with E-state index in [1.807, 2.05) is 38.2 Å². The molecular formula is C15H18BrN2OS+. The predicted octanol–water partition coefficient (Wildman–Crippen LogP) is 2.47. The maximum Gasteiger partial charge on any atom is 0.279 e. The number of carbonyl (C=O) groups excluding carboxylic acids is 1. The minimum atomic E-state index is 0.0369. The van der Waals surface area contributed by atoms with Crippen molar-refractivity contribution in [2.45, 2.75) is 13.5 Å². The second-order valence-corrected chi connectivity index (χ2v) is 6.79. The molecule has 0 spiro atoms. The van der Waals surface area contributed by atoms with E-state index in [0.29, 0.717) is 6.54 Å². The van der Waals surface area contributed by atoms with Crippen LogP contribution in [-0.4, -0.2) is 19.5 Å². The topological polar surface area (TPSA) is 33.5 Å². The Morgan fingerprint density at radius 3 is 2.85 bits per heavy atom. The highest BCUT2D eigenvalue weighted by atomic mass is 79.9. The molecule has 0 saturated carbocycles. The molecule has 1 atom stereocenters. The molecule has 1 amide bonds. The maximum atomic E-state index is 12.0. The van der Waals surface area contributed by atoms with E-state index in [1.54, 1.807) is 11.3 Å². The fraction of sp³-hybridized carbons (Fsp3) is 0.267. The Balaban J connectivity index is 1.87. The fourth-order valence-electron chi connectivity index (χ4n) is 1.92. The van der Waals surface area contributed by atoms with Gasteiger partial charge < -0.3 is 10.2 Å². The summed E-state index contributed by atoms with van der Waals surface area (Å²) >= 11 is 5.20. The standard InChI is InChI=1S/C15H17BrN2OS/c1-11-5-6-12(8-14(11)16)17-15(19)10-18(2)9-13-4-3-7-20-13/h3-8H,9-10H2,1-2H3,(H,17,19)/p+1. The zero-order chi connectivity index (χ0) is 14.5. The highest BCUT2D eigenvalue weighted by Crippen LogP contribution is 2.20. The Bertz CT molecular complexity index is 584. The predicted molar refractivity (Wildman–Crippen MR) is 87.3 cm³/mol. The number of hydrogen-bond donors (Lipinski definition) is 2. The van der Waals surface area contributed by atoms with Crippen LogP contribution in [0.1, 0.15) is 10.4 Å². The van der Waals surface area contributed by atoms with Crippen molar-refractivity contribution < 1.29 is 9.69 Å². The normalized spacial score (nSPS) is 12.2. The van der Waals surface area contributed by atoms with Gasteiger partial charge >= 0.3 is 0 Å². The van der Waals surface area contributed by atoms with Gasteiger partial charge in [-0.2, -0.15) is 0 Å². The molecule has 20 heavy (non-hydrogen) atoms. The summed E-state index contributed by atoms with van der Waals surface area (Å²) in [4.78, 5) is 14.5. The molecule has 3 nitrogen and oxygen atoms in total. The second-order valence-electron chi connectivity index (χ2n) is 4.90. The number of amides is 1. The minimum Gasteiger partial charge on any atom is -0.325 e. The Kier molecular flexibility index (Phi) is 5.34. The van der Waals surface area contributed by atoms with Crippen molar-refractivity contribution in [1.29, 1.82) is 0 Å². The summed E-state index contributed by atoms with van der Waals surface area (Å²) in [7, 11) is 2.03. The highest BCUT2D eigenvalue weighted by Gasteiger charge is 2.11. The molecule has 0 aliphatic carbocycles. The van der Waals surface area contributed by atoms with E-state index in [1.165, 1.54) is 9.78 Å². The number of thiophene rings is 1. The van der Waals surface area contributed by atoms with Crippen LogP contribution < -0.4 is 10.2 Å². The average Bonchev–Trinajstić information content (AvgIpc) is 2.86. The quantitative estimate of drug-likeness (QED) is 0.850. The van der Waals surface area contributed by atoms with Crippen LogP contribution in [-0.2, 0) is 11.3 Å². The maximum absolute atomic E-state index is 12.0. The summed E-state index contributed by atoms with van der Waals surface area (Å²) in [5.41, 5.74) is 1.99. The van der Waals surface area contributed by atoms with Gasteiger partial charge in [0, 0.05) is 10.2 Å². The second kappa shape index (κ2) is 7.02. The smallest absolute Gasteiger partial charge is 0.279 e. The van der Waals surface area contributed by atoms with Crippen molar-refractivity contribution in [3.63, 3.8) is 0 Å². The molecule has 0 fully saturated rings. The van der Waals surface area contributed by atoms with E-state index in [-0.39, 0.29) is 5.91 Å². The molecular weight excluding hydrogens is 336 g/mol. The summed E-state index contributed by atoms with van der Waals surface area (Å²) in [5, 5.41) is 5.00. The summed E-state index contributed by atoms with van der Waals surface area (Å²) in [6, 6.07) is 9.98. The monoisotopic (exact) mass is 353 g/mol. The first-order chi connectivity index (χ1) is 9.54. The van der Waals surface area contributed by atoms with E-state index in [4.69, 9.17) is 0 Å². The van der Waals surface area contributed by atoms with Crippen molar-refractivity contribution in [2.75, 3.05) is 18.9 Å². The summed E-state index contributed by atoms with van der Waals surface area (Å²) < 4.78 is 1.01. The van der Waals surface area contributed by atoms with Gasteiger partial charge in [0.1, 0.15) is 6.54 Å². The lowest BCUT2D eigenvalue weighted by atomic mass is 10.2. The first-order valence-corrected chi connectivity index (χ1v) is 8.11. The molecule has 0 radical (unpaired) electrons. The third-order valence-corrected chi connectivity index (χ3v) is 4.70. The molecule has 1 unspecified atom stereocenters. The van der Waals surface area contributed by atoms with Crippen LogP contribution in [0.25, 0.3) is 0 Å². The van der Waals surface area contributed by atoms with Gasteiger partial charge in [0.15, 0.2) is 6.54 Å². The number of nitrogens with one attached hydrogen (secondary N) is 2.